The van der Waals surface area contributed by atoms with E-state index >= 15 is 0 Å². The molecular weight excluding hydrogens is 250 g/mol. The number of Topliss-reactive ketones (excluding diaryl/α,β-unsaturated/α-hetero) is 1. The van der Waals surface area contributed by atoms with Crippen molar-refractivity contribution < 1.29 is 24.2 Å². The highest BCUT2D eigenvalue weighted by atomic mass is 16.6. The molecule has 0 heterocycles. The number of benzene rings is 1. The Morgan fingerprint density at radius 1 is 1.32 bits per heavy atom. The van der Waals surface area contributed by atoms with Crippen LogP contribution >= 0.6 is 0 Å². The zero-order valence-electron chi connectivity index (χ0n) is 10.7. The lowest BCUT2D eigenvalue weighted by Gasteiger charge is -2.14. The summed E-state index contributed by atoms with van der Waals surface area (Å²) >= 11 is 0. The highest BCUT2D eigenvalue weighted by Gasteiger charge is 2.12. The van der Waals surface area contributed by atoms with Crippen molar-refractivity contribution in [2.75, 3.05) is 13.2 Å². The molecule has 0 fully saturated rings. The van der Waals surface area contributed by atoms with Crippen LogP contribution in [0.2, 0.25) is 0 Å². The molecule has 0 aliphatic rings. The molecule has 0 saturated carbocycles. The Morgan fingerprint density at radius 3 is 2.63 bits per heavy atom. The third kappa shape index (κ3) is 4.97. The monoisotopic (exact) mass is 267 g/mol. The lowest BCUT2D eigenvalue weighted by atomic mass is 10.1. The van der Waals surface area contributed by atoms with E-state index in [0.717, 1.165) is 0 Å². The molecule has 6 nitrogen and oxygen atoms in total. The summed E-state index contributed by atoms with van der Waals surface area (Å²) < 4.78 is 9.78. The van der Waals surface area contributed by atoms with Gasteiger partial charge in [-0.1, -0.05) is 19.1 Å². The van der Waals surface area contributed by atoms with Crippen LogP contribution in [0.25, 0.3) is 0 Å². The average Bonchev–Trinajstić information content (AvgIpc) is 2.42. The van der Waals surface area contributed by atoms with Gasteiger partial charge >= 0.3 is 6.09 Å². The summed E-state index contributed by atoms with van der Waals surface area (Å²) in [5, 5.41) is 9.50. The second-order valence-electron chi connectivity index (χ2n) is 3.87. The van der Waals surface area contributed by atoms with E-state index in [-0.39, 0.29) is 19.0 Å². The molecule has 1 aromatic carbocycles. The predicted octanol–water partition coefficient (Wildman–Crippen LogP) is 1.11. The maximum absolute atomic E-state index is 11.7. The SMILES string of the molecule is CCC(=O)c1ccccc1OCC(O)COC(N)=O. The van der Waals surface area contributed by atoms with Crippen molar-refractivity contribution in [3.8, 4) is 5.75 Å². The van der Waals surface area contributed by atoms with Crippen molar-refractivity contribution in [2.45, 2.75) is 19.4 Å². The fourth-order valence-electron chi connectivity index (χ4n) is 1.43. The maximum atomic E-state index is 11.7. The molecule has 1 amide bonds. The second kappa shape index (κ2) is 7.38. The average molecular weight is 267 g/mol. The molecular formula is C13H17NO5. The molecule has 1 unspecified atom stereocenters. The zero-order valence-corrected chi connectivity index (χ0v) is 10.7. The minimum atomic E-state index is -1.00. The summed E-state index contributed by atoms with van der Waals surface area (Å²) in [5.74, 6) is 0.353. The van der Waals surface area contributed by atoms with Gasteiger partial charge in [0.1, 0.15) is 25.1 Å². The molecule has 0 aliphatic heterocycles. The predicted molar refractivity (Wildman–Crippen MR) is 68.1 cm³/mol. The molecule has 3 N–H and O–H groups in total. The van der Waals surface area contributed by atoms with E-state index in [1.807, 2.05) is 0 Å². The van der Waals surface area contributed by atoms with Crippen molar-refractivity contribution in [3.05, 3.63) is 29.8 Å². The van der Waals surface area contributed by atoms with E-state index in [4.69, 9.17) is 10.5 Å². The molecule has 1 rings (SSSR count). The van der Waals surface area contributed by atoms with Gasteiger partial charge in [-0.15, -0.1) is 0 Å². The van der Waals surface area contributed by atoms with Crippen molar-refractivity contribution >= 4 is 11.9 Å². The van der Waals surface area contributed by atoms with Gasteiger partial charge in [-0.05, 0) is 12.1 Å². The number of carbonyl (C=O) groups excluding carboxylic acids is 2. The number of ether oxygens (including phenoxy) is 2. The van der Waals surface area contributed by atoms with Gasteiger partial charge in [0.2, 0.25) is 0 Å². The van der Waals surface area contributed by atoms with E-state index in [1.165, 1.54) is 0 Å². The van der Waals surface area contributed by atoms with Gasteiger partial charge in [0.15, 0.2) is 5.78 Å². The standard InChI is InChI=1S/C13H17NO5/c1-2-11(16)10-5-3-4-6-12(10)18-7-9(15)8-19-13(14)17/h3-6,9,15H,2,7-8H2,1H3,(H2,14,17). The van der Waals surface area contributed by atoms with Crippen molar-refractivity contribution in [1.29, 1.82) is 0 Å². The van der Waals surface area contributed by atoms with Crippen LogP contribution in [-0.2, 0) is 4.74 Å². The van der Waals surface area contributed by atoms with Crippen LogP contribution in [0, 0.1) is 0 Å². The van der Waals surface area contributed by atoms with Crippen molar-refractivity contribution in [3.63, 3.8) is 0 Å². The first kappa shape index (κ1) is 15.0. The Morgan fingerprint density at radius 2 is 2.00 bits per heavy atom. The first-order chi connectivity index (χ1) is 9.04. The molecule has 0 saturated heterocycles. The number of rotatable bonds is 7. The molecule has 19 heavy (non-hydrogen) atoms. The number of hydrogen-bond donors (Lipinski definition) is 2. The number of nitrogens with two attached hydrogens (primary N) is 1. The van der Waals surface area contributed by atoms with E-state index in [0.29, 0.717) is 17.7 Å². The van der Waals surface area contributed by atoms with Gasteiger partial charge in [-0.3, -0.25) is 4.79 Å². The van der Waals surface area contributed by atoms with E-state index in [2.05, 4.69) is 4.74 Å². The number of amides is 1. The molecule has 1 atom stereocenters. The van der Waals surface area contributed by atoms with Gasteiger partial charge in [-0.2, -0.15) is 0 Å². The number of ketones is 1. The number of aliphatic hydroxyl groups excluding tert-OH is 1. The van der Waals surface area contributed by atoms with Gasteiger partial charge in [0.05, 0.1) is 5.56 Å². The minimum Gasteiger partial charge on any atom is -0.490 e. The van der Waals surface area contributed by atoms with Crippen LogP contribution in [0.15, 0.2) is 24.3 Å². The van der Waals surface area contributed by atoms with Crippen LogP contribution in [-0.4, -0.2) is 36.3 Å². The van der Waals surface area contributed by atoms with Crippen LogP contribution in [0.1, 0.15) is 23.7 Å². The van der Waals surface area contributed by atoms with Crippen LogP contribution < -0.4 is 10.5 Å². The van der Waals surface area contributed by atoms with E-state index in [9.17, 15) is 14.7 Å². The highest BCUT2D eigenvalue weighted by molar-refractivity contribution is 5.98. The maximum Gasteiger partial charge on any atom is 0.404 e. The Kier molecular flexibility index (Phi) is 5.81. The largest absolute Gasteiger partial charge is 0.490 e. The van der Waals surface area contributed by atoms with Crippen molar-refractivity contribution in [2.24, 2.45) is 5.73 Å². The summed E-state index contributed by atoms with van der Waals surface area (Å²) in [5.41, 5.74) is 5.24. The zero-order chi connectivity index (χ0) is 14.3. The number of carbonyl (C=O) groups is 2. The fraction of sp³-hybridized carbons (Fsp3) is 0.385. The van der Waals surface area contributed by atoms with Gasteiger partial charge < -0.3 is 20.3 Å². The highest BCUT2D eigenvalue weighted by Crippen LogP contribution is 2.19. The lowest BCUT2D eigenvalue weighted by molar-refractivity contribution is 0.0417. The minimum absolute atomic E-state index is 0.0431. The summed E-state index contributed by atoms with van der Waals surface area (Å²) in [7, 11) is 0. The molecule has 0 radical (unpaired) electrons. The topological polar surface area (TPSA) is 98.8 Å². The smallest absolute Gasteiger partial charge is 0.404 e. The Bertz CT molecular complexity index is 446. The van der Waals surface area contributed by atoms with E-state index < -0.39 is 12.2 Å². The lowest BCUT2D eigenvalue weighted by Crippen LogP contribution is -2.27. The first-order valence-electron chi connectivity index (χ1n) is 5.90. The van der Waals surface area contributed by atoms with Gasteiger partial charge in [0, 0.05) is 6.42 Å². The van der Waals surface area contributed by atoms with Crippen molar-refractivity contribution in [1.82, 2.24) is 0 Å². The number of primary amides is 1. The molecule has 104 valence electrons. The molecule has 0 bridgehead atoms. The molecule has 1 aromatic rings. The third-order valence-corrected chi connectivity index (χ3v) is 2.36. The quantitative estimate of drug-likeness (QED) is 0.721. The summed E-state index contributed by atoms with van der Waals surface area (Å²) in [6.07, 6.45) is -1.59. The summed E-state index contributed by atoms with van der Waals surface area (Å²) in [4.78, 5) is 22.0. The van der Waals surface area contributed by atoms with Gasteiger partial charge in [-0.25, -0.2) is 4.79 Å². The van der Waals surface area contributed by atoms with E-state index in [1.54, 1.807) is 31.2 Å². The number of hydrogen-bond acceptors (Lipinski definition) is 5. The Balaban J connectivity index is 2.57. The number of aliphatic hydroxyl groups is 1. The molecule has 0 aliphatic carbocycles. The summed E-state index contributed by atoms with van der Waals surface area (Å²) in [6, 6.07) is 6.77. The summed E-state index contributed by atoms with van der Waals surface area (Å²) in [6.45, 7) is 1.41. The second-order valence-corrected chi connectivity index (χ2v) is 3.87. The van der Waals surface area contributed by atoms with Crippen LogP contribution in [0.4, 0.5) is 4.79 Å². The molecule has 6 heteroatoms. The van der Waals surface area contributed by atoms with Crippen LogP contribution in [0.3, 0.4) is 0 Å². The Labute approximate surface area is 111 Å². The molecule has 0 spiro atoms. The van der Waals surface area contributed by atoms with Crippen LogP contribution in [0.5, 0.6) is 5.75 Å². The Hall–Kier alpha value is -2.08. The normalized spacial score (nSPS) is 11.7. The third-order valence-electron chi connectivity index (χ3n) is 2.36. The van der Waals surface area contributed by atoms with Gasteiger partial charge in [0.25, 0.3) is 0 Å². The number of para-hydroxylation sites is 1. The fourth-order valence-corrected chi connectivity index (χ4v) is 1.43. The molecule has 0 aromatic heterocycles. The first-order valence-corrected chi connectivity index (χ1v) is 5.90.